The van der Waals surface area contributed by atoms with Gasteiger partial charge in [0.25, 0.3) is 0 Å². The van der Waals surface area contributed by atoms with Crippen LogP contribution in [0.4, 0.5) is 0 Å². The number of nitrogens with zero attached hydrogens (tertiary/aromatic N) is 2. The predicted octanol–water partition coefficient (Wildman–Crippen LogP) is 1.80. The Morgan fingerprint density at radius 1 is 1.19 bits per heavy atom. The molecule has 0 spiro atoms. The molecule has 0 aliphatic heterocycles. The molecule has 0 unspecified atom stereocenters. The minimum absolute atomic E-state index is 0.522. The number of hydrogen-bond acceptors (Lipinski definition) is 5. The van der Waals surface area contributed by atoms with E-state index in [0.717, 1.165) is 16.5 Å². The fraction of sp³-hybridized carbons (Fsp3) is 0.400. The molecular weight excluding hydrogens is 270 g/mol. The molecule has 1 aromatic heterocycles. The molecule has 21 heavy (non-hydrogen) atoms. The van der Waals surface area contributed by atoms with Gasteiger partial charge in [0.1, 0.15) is 11.8 Å². The number of aromatic nitrogens is 1. The minimum atomic E-state index is 0.522. The van der Waals surface area contributed by atoms with E-state index in [0.29, 0.717) is 29.5 Å². The number of nitrogens with one attached hydrogen (secondary N) is 1. The van der Waals surface area contributed by atoms with Crippen molar-refractivity contribution in [3.8, 4) is 23.3 Å². The summed E-state index contributed by atoms with van der Waals surface area (Å²) in [5.41, 5.74) is 2.32. The zero-order chi connectivity index (χ0) is 15.6. The second kappa shape index (κ2) is 5.94. The summed E-state index contributed by atoms with van der Waals surface area (Å²) < 4.78 is 18.1. The molecule has 1 heterocycles. The third-order valence-corrected chi connectivity index (χ3v) is 3.55. The Labute approximate surface area is 123 Å². The molecule has 0 amide bonds. The van der Waals surface area contributed by atoms with Crippen LogP contribution in [0.1, 0.15) is 11.3 Å². The van der Waals surface area contributed by atoms with Crippen molar-refractivity contribution in [1.82, 2.24) is 9.88 Å². The van der Waals surface area contributed by atoms with Crippen LogP contribution >= 0.6 is 0 Å². The first-order valence-corrected chi connectivity index (χ1v) is 6.49. The largest absolute Gasteiger partial charge is 0.493 e. The van der Waals surface area contributed by atoms with E-state index in [4.69, 9.17) is 14.2 Å². The molecule has 6 nitrogen and oxygen atoms in total. The Hall–Kier alpha value is -2.39. The fourth-order valence-corrected chi connectivity index (χ4v) is 2.64. The third kappa shape index (κ3) is 2.16. The second-order valence-electron chi connectivity index (χ2n) is 4.57. The molecule has 0 radical (unpaired) electrons. The summed E-state index contributed by atoms with van der Waals surface area (Å²) in [6, 6.07) is 4.13. The molecule has 0 saturated heterocycles. The maximum absolute atomic E-state index is 9.44. The molecule has 0 aliphatic carbocycles. The van der Waals surface area contributed by atoms with Gasteiger partial charge in [-0.1, -0.05) is 0 Å². The monoisotopic (exact) mass is 289 g/mol. The topological polar surface area (TPSA) is 68.4 Å². The van der Waals surface area contributed by atoms with Crippen LogP contribution in [0.2, 0.25) is 0 Å². The van der Waals surface area contributed by atoms with Gasteiger partial charge in [0.05, 0.1) is 26.8 Å². The van der Waals surface area contributed by atoms with E-state index in [-0.39, 0.29) is 0 Å². The number of fused-ring (bicyclic) bond motifs is 1. The van der Waals surface area contributed by atoms with Crippen LogP contribution in [0.25, 0.3) is 10.9 Å². The number of methoxy groups -OCH3 is 3. The quantitative estimate of drug-likeness (QED) is 0.909. The van der Waals surface area contributed by atoms with E-state index in [1.807, 2.05) is 24.7 Å². The number of aryl methyl sites for hydroxylation is 1. The summed E-state index contributed by atoms with van der Waals surface area (Å²) in [5, 5.41) is 13.4. The van der Waals surface area contributed by atoms with Crippen molar-refractivity contribution in [1.29, 1.82) is 5.26 Å². The first-order chi connectivity index (χ1) is 10.1. The minimum Gasteiger partial charge on any atom is -0.493 e. The Bertz CT molecular complexity index is 713. The summed E-state index contributed by atoms with van der Waals surface area (Å²) in [5.74, 6) is 1.66. The van der Waals surface area contributed by atoms with E-state index in [1.165, 1.54) is 0 Å². The Balaban J connectivity index is 2.97. The molecule has 0 atom stereocenters. The zero-order valence-corrected chi connectivity index (χ0v) is 12.9. The standard InChI is InChI=1S/C15H19N3O3/c1-17-8-10-9-6-12(19-3)14(20-4)15(21-5)13(9)18(2)11(10)7-16/h6,17H,8H2,1-5H3. The molecule has 6 heteroatoms. The van der Waals surface area contributed by atoms with Crippen LogP contribution in [0, 0.1) is 11.3 Å². The van der Waals surface area contributed by atoms with Gasteiger partial charge in [-0.05, 0) is 13.1 Å². The van der Waals surface area contributed by atoms with Crippen molar-refractivity contribution < 1.29 is 14.2 Å². The highest BCUT2D eigenvalue weighted by Gasteiger charge is 2.23. The molecule has 0 bridgehead atoms. The lowest BCUT2D eigenvalue weighted by atomic mass is 10.1. The fourth-order valence-electron chi connectivity index (χ4n) is 2.64. The molecule has 2 rings (SSSR count). The lowest BCUT2D eigenvalue weighted by Gasteiger charge is -2.14. The molecule has 2 aromatic rings. The van der Waals surface area contributed by atoms with Crippen LogP contribution in [0.5, 0.6) is 17.2 Å². The highest BCUT2D eigenvalue weighted by Crippen LogP contribution is 2.45. The Morgan fingerprint density at radius 2 is 1.86 bits per heavy atom. The summed E-state index contributed by atoms with van der Waals surface area (Å²) in [6.45, 7) is 0.582. The number of rotatable bonds is 5. The van der Waals surface area contributed by atoms with Crippen LogP contribution < -0.4 is 19.5 Å². The number of ether oxygens (including phenoxy) is 3. The van der Waals surface area contributed by atoms with Gasteiger partial charge in [0.15, 0.2) is 11.5 Å². The smallest absolute Gasteiger partial charge is 0.205 e. The van der Waals surface area contributed by atoms with Gasteiger partial charge >= 0.3 is 0 Å². The van der Waals surface area contributed by atoms with Gasteiger partial charge in [-0.3, -0.25) is 0 Å². The van der Waals surface area contributed by atoms with Crippen LogP contribution in [0.3, 0.4) is 0 Å². The lowest BCUT2D eigenvalue weighted by molar-refractivity contribution is 0.326. The predicted molar refractivity (Wildman–Crippen MR) is 80.1 cm³/mol. The zero-order valence-electron chi connectivity index (χ0n) is 12.9. The van der Waals surface area contributed by atoms with Crippen molar-refractivity contribution >= 4 is 10.9 Å². The third-order valence-electron chi connectivity index (χ3n) is 3.55. The van der Waals surface area contributed by atoms with Gasteiger partial charge < -0.3 is 24.1 Å². The number of nitriles is 1. The van der Waals surface area contributed by atoms with Crippen molar-refractivity contribution in [2.45, 2.75) is 6.54 Å². The van der Waals surface area contributed by atoms with Crippen LogP contribution in [-0.2, 0) is 13.6 Å². The normalized spacial score (nSPS) is 10.5. The van der Waals surface area contributed by atoms with Gasteiger partial charge in [0.2, 0.25) is 5.75 Å². The van der Waals surface area contributed by atoms with Crippen molar-refractivity contribution in [2.24, 2.45) is 7.05 Å². The average Bonchev–Trinajstić information content (AvgIpc) is 2.77. The average molecular weight is 289 g/mol. The van der Waals surface area contributed by atoms with Gasteiger partial charge in [-0.15, -0.1) is 0 Å². The first kappa shape index (κ1) is 15.0. The summed E-state index contributed by atoms with van der Waals surface area (Å²) in [6.07, 6.45) is 0. The van der Waals surface area contributed by atoms with Gasteiger partial charge in [0, 0.05) is 24.5 Å². The maximum Gasteiger partial charge on any atom is 0.205 e. The summed E-state index contributed by atoms with van der Waals surface area (Å²) >= 11 is 0. The van der Waals surface area contributed by atoms with E-state index in [1.54, 1.807) is 21.3 Å². The van der Waals surface area contributed by atoms with Crippen molar-refractivity contribution in [3.05, 3.63) is 17.3 Å². The summed E-state index contributed by atoms with van der Waals surface area (Å²) in [4.78, 5) is 0. The second-order valence-corrected chi connectivity index (χ2v) is 4.57. The van der Waals surface area contributed by atoms with E-state index >= 15 is 0 Å². The molecule has 1 N–H and O–H groups in total. The summed E-state index contributed by atoms with van der Waals surface area (Å²) in [7, 11) is 8.41. The Kier molecular flexibility index (Phi) is 4.24. The molecule has 1 aromatic carbocycles. The molecular formula is C15H19N3O3. The van der Waals surface area contributed by atoms with Gasteiger partial charge in [-0.2, -0.15) is 5.26 Å². The number of hydrogen-bond donors (Lipinski definition) is 1. The number of benzene rings is 1. The first-order valence-electron chi connectivity index (χ1n) is 6.49. The lowest BCUT2D eigenvalue weighted by Crippen LogP contribution is -2.06. The van der Waals surface area contributed by atoms with E-state index < -0.39 is 0 Å². The molecule has 0 aliphatic rings. The SMILES string of the molecule is CNCc1c(C#N)n(C)c2c(OC)c(OC)c(OC)cc12. The highest BCUT2D eigenvalue weighted by atomic mass is 16.5. The van der Waals surface area contributed by atoms with E-state index in [2.05, 4.69) is 11.4 Å². The van der Waals surface area contributed by atoms with Crippen LogP contribution in [-0.4, -0.2) is 32.9 Å². The molecule has 0 saturated carbocycles. The van der Waals surface area contributed by atoms with Crippen molar-refractivity contribution in [3.63, 3.8) is 0 Å². The van der Waals surface area contributed by atoms with E-state index in [9.17, 15) is 5.26 Å². The van der Waals surface area contributed by atoms with Gasteiger partial charge in [-0.25, -0.2) is 0 Å². The van der Waals surface area contributed by atoms with Crippen molar-refractivity contribution in [2.75, 3.05) is 28.4 Å². The van der Waals surface area contributed by atoms with Crippen LogP contribution in [0.15, 0.2) is 6.07 Å². The molecule has 0 fully saturated rings. The maximum atomic E-state index is 9.44. The molecule has 112 valence electrons. The highest BCUT2D eigenvalue weighted by molar-refractivity contribution is 5.95. The Morgan fingerprint density at radius 3 is 2.33 bits per heavy atom.